The molecule has 17 nitrogen and oxygen atoms in total. The van der Waals surface area contributed by atoms with Crippen molar-refractivity contribution in [3.05, 3.63) is 77.9 Å². The smallest absolute Gasteiger partial charge is 0.325 e. The van der Waals surface area contributed by atoms with E-state index < -0.39 is 89.6 Å². The van der Waals surface area contributed by atoms with E-state index in [0.29, 0.717) is 63.4 Å². The number of piperidine rings is 1. The Morgan fingerprint density at radius 2 is 1.73 bits per heavy atom. The van der Waals surface area contributed by atoms with Crippen LogP contribution in [0.1, 0.15) is 139 Å². The van der Waals surface area contributed by atoms with Gasteiger partial charge in [-0.2, -0.15) is 0 Å². The second-order valence-electron chi connectivity index (χ2n) is 23.5. The van der Waals surface area contributed by atoms with E-state index in [4.69, 9.17) is 18.9 Å². The summed E-state index contributed by atoms with van der Waals surface area (Å²) >= 11 is 0. The molecule has 77 heavy (non-hydrogen) atoms. The van der Waals surface area contributed by atoms with E-state index in [1.165, 1.54) is 17.1 Å². The van der Waals surface area contributed by atoms with Gasteiger partial charge in [0.15, 0.2) is 11.5 Å². The number of aromatic hydroxyl groups is 1. The lowest BCUT2D eigenvalue weighted by Gasteiger charge is -2.54. The fourth-order valence-corrected chi connectivity index (χ4v) is 12.2. The number of allylic oxidation sites excluding steroid dienone is 5. The topological polar surface area (TPSA) is 231 Å². The number of nitrogens with zero attached hydrogens (tertiary/aromatic N) is 1. The third-order valence-electron chi connectivity index (χ3n) is 17.5. The molecular formula is C60H87N5O12. The molecular weight excluding hydrogens is 983 g/mol. The molecule has 6 heterocycles. The highest BCUT2D eigenvalue weighted by molar-refractivity contribution is 5.93. The van der Waals surface area contributed by atoms with Crippen molar-refractivity contribution in [2.75, 3.05) is 6.54 Å². The van der Waals surface area contributed by atoms with E-state index in [-0.39, 0.29) is 78.4 Å². The lowest BCUT2D eigenvalue weighted by Crippen LogP contribution is -2.70. The number of hydrogen-bond acceptors (Lipinski definition) is 13. The highest BCUT2D eigenvalue weighted by Gasteiger charge is 2.57. The number of carbonyl (C=O) groups is 6. The van der Waals surface area contributed by atoms with Gasteiger partial charge in [0.05, 0.1) is 36.3 Å². The van der Waals surface area contributed by atoms with Crippen LogP contribution in [0.5, 0.6) is 5.75 Å². The number of nitrogens with one attached hydrogen (secondary N) is 4. The zero-order chi connectivity index (χ0) is 55.9. The van der Waals surface area contributed by atoms with Crippen LogP contribution in [0.2, 0.25) is 0 Å². The van der Waals surface area contributed by atoms with E-state index in [9.17, 15) is 39.0 Å². The summed E-state index contributed by atoms with van der Waals surface area (Å²) in [6, 6.07) is 3.46. The molecule has 424 valence electrons. The zero-order valence-corrected chi connectivity index (χ0v) is 47.0. The number of phenolic OH excluding ortho intramolecular Hbond substituents is 1. The highest BCUT2D eigenvalue weighted by Crippen LogP contribution is 2.46. The fourth-order valence-electron chi connectivity index (χ4n) is 12.2. The van der Waals surface area contributed by atoms with Gasteiger partial charge in [0, 0.05) is 55.9 Å². The zero-order valence-electron chi connectivity index (χ0n) is 47.0. The van der Waals surface area contributed by atoms with E-state index in [1.807, 2.05) is 112 Å². The van der Waals surface area contributed by atoms with Gasteiger partial charge in [-0.15, -0.1) is 0 Å². The Morgan fingerprint density at radius 1 is 0.961 bits per heavy atom. The third kappa shape index (κ3) is 14.0. The Labute approximate surface area is 455 Å². The largest absolute Gasteiger partial charge is 0.508 e. The van der Waals surface area contributed by atoms with Crippen molar-refractivity contribution in [1.82, 2.24) is 26.4 Å². The molecule has 7 rings (SSSR count). The number of ketones is 1. The van der Waals surface area contributed by atoms with Crippen LogP contribution in [0, 0.1) is 47.3 Å². The molecule has 1 aromatic rings. The van der Waals surface area contributed by atoms with E-state index in [1.54, 1.807) is 12.1 Å². The molecule has 6 aliphatic heterocycles. The van der Waals surface area contributed by atoms with Crippen LogP contribution in [0.15, 0.2) is 72.4 Å². The van der Waals surface area contributed by atoms with Crippen molar-refractivity contribution in [2.45, 2.75) is 200 Å². The van der Waals surface area contributed by atoms with Crippen LogP contribution in [-0.2, 0) is 54.1 Å². The van der Waals surface area contributed by atoms with Gasteiger partial charge in [-0.25, -0.2) is 5.43 Å². The third-order valence-corrected chi connectivity index (χ3v) is 17.5. The predicted octanol–water partition coefficient (Wildman–Crippen LogP) is 6.82. The molecule has 4 amide bonds. The first-order valence-electron chi connectivity index (χ1n) is 28.4. The number of esters is 1. The number of ether oxygens (including phenoxy) is 4. The van der Waals surface area contributed by atoms with Crippen molar-refractivity contribution in [1.29, 1.82) is 0 Å². The van der Waals surface area contributed by atoms with E-state index in [2.05, 4.69) is 21.4 Å². The highest BCUT2D eigenvalue weighted by atomic mass is 16.7. The van der Waals surface area contributed by atoms with Gasteiger partial charge in [-0.05, 0) is 93.9 Å². The number of Topliss-reactive ketones (excluding diaryl/α,β-unsaturated/α-hetero) is 1. The molecule has 5 fully saturated rings. The van der Waals surface area contributed by atoms with Gasteiger partial charge < -0.3 is 45.1 Å². The van der Waals surface area contributed by atoms with Gasteiger partial charge in [-0.3, -0.25) is 33.8 Å². The number of fused-ring (bicyclic) bond motifs is 4. The lowest BCUT2D eigenvalue weighted by molar-refractivity contribution is -0.344. The first-order valence-corrected chi connectivity index (χ1v) is 28.4. The lowest BCUT2D eigenvalue weighted by atomic mass is 9.70. The molecule has 1 aromatic carbocycles. The Kier molecular flexibility index (Phi) is 19.9. The van der Waals surface area contributed by atoms with Crippen LogP contribution in [0.4, 0.5) is 0 Å². The molecule has 0 unspecified atom stereocenters. The molecule has 0 aromatic heterocycles. The molecule has 17 atom stereocenters. The summed E-state index contributed by atoms with van der Waals surface area (Å²) in [4.78, 5) is 84.0. The predicted molar refractivity (Wildman–Crippen MR) is 290 cm³/mol. The summed E-state index contributed by atoms with van der Waals surface area (Å²) in [5.41, 5.74) is 3.38. The first-order chi connectivity index (χ1) is 36.5. The number of benzene rings is 1. The number of aliphatic hydroxyl groups excluding tert-OH is 1. The summed E-state index contributed by atoms with van der Waals surface area (Å²) in [5, 5.41) is 32.2. The van der Waals surface area contributed by atoms with Crippen LogP contribution in [0.25, 0.3) is 0 Å². The molecule has 5 saturated heterocycles. The van der Waals surface area contributed by atoms with E-state index >= 15 is 0 Å². The Hall–Kier alpha value is -5.20. The van der Waals surface area contributed by atoms with Crippen LogP contribution >= 0.6 is 0 Å². The van der Waals surface area contributed by atoms with Crippen LogP contribution in [-0.4, -0.2) is 117 Å². The summed E-state index contributed by atoms with van der Waals surface area (Å²) in [5.74, 6) is -5.24. The van der Waals surface area contributed by atoms with Crippen molar-refractivity contribution >= 4 is 35.4 Å². The summed E-state index contributed by atoms with van der Waals surface area (Å²) in [6.45, 7) is 19.4. The molecule has 0 radical (unpaired) electrons. The quantitative estimate of drug-likeness (QED) is 0.0934. The average Bonchev–Trinajstić information content (AvgIpc) is 3.40. The van der Waals surface area contributed by atoms with Crippen molar-refractivity contribution in [2.24, 2.45) is 47.3 Å². The number of aliphatic hydroxyl groups is 1. The molecule has 0 saturated carbocycles. The molecule has 6 N–H and O–H groups in total. The second-order valence-corrected chi connectivity index (χ2v) is 23.5. The molecule has 5 bridgehead atoms. The van der Waals surface area contributed by atoms with Crippen LogP contribution in [0.3, 0.4) is 0 Å². The van der Waals surface area contributed by atoms with Crippen molar-refractivity contribution in [3.63, 3.8) is 0 Å². The van der Waals surface area contributed by atoms with Gasteiger partial charge in [0.25, 0.3) is 5.91 Å². The minimum Gasteiger partial charge on any atom is -0.508 e. The number of phenols is 1. The number of amides is 4. The number of cyclic esters (lactones) is 1. The summed E-state index contributed by atoms with van der Waals surface area (Å²) < 4.78 is 25.9. The average molecular weight is 1070 g/mol. The number of hydrazine groups is 1. The maximum Gasteiger partial charge on any atom is 0.325 e. The minimum absolute atomic E-state index is 0.00287. The fraction of sp³-hybridized carbons (Fsp3) is 0.667. The Bertz CT molecular complexity index is 2420. The van der Waals surface area contributed by atoms with Crippen LogP contribution < -0.4 is 21.4 Å². The summed E-state index contributed by atoms with van der Waals surface area (Å²) in [6.07, 6.45) is 15.7. The standard InChI is InChI=1S/C60H87N5O12/c1-11-42-30-37(6)60(63-54(42)69)40(9)52(68)38(7)50(76-60)33-47(67)35(4)20-14-12-15-21-36(5)48-25-16-13-17-26-49-39(8)53-44(27-28-59(10,75-49)77-53)55(70)62-51(34(2)3)56(71)61-46(32-41-22-18-23-43(66)31-41)57(72)65-29-19-24-45(64-65)58(73)74-48/h12-13,15-18,21-23,26,31,34-35,37-40,42,44-51,53,64,66-67H,11,14,19-20,24-25,27-30,32-33H2,1-10H3,(H,61,71)(H,62,70)(H,63,69)/b15-12+,16-13+,26-17-,36-21+/t35-,37-,38-,39-,40-,42-,44+,45-,46-,47-,48-,49-,50-,51-,53+,59+,60+/m0/s1. The van der Waals surface area contributed by atoms with Gasteiger partial charge >= 0.3 is 5.97 Å². The van der Waals surface area contributed by atoms with Gasteiger partial charge in [0.2, 0.25) is 17.7 Å². The minimum atomic E-state index is -1.13. The van der Waals surface area contributed by atoms with Gasteiger partial charge in [0.1, 0.15) is 35.8 Å². The molecule has 0 aliphatic carbocycles. The van der Waals surface area contributed by atoms with Crippen molar-refractivity contribution in [3.8, 4) is 5.75 Å². The van der Waals surface area contributed by atoms with Gasteiger partial charge in [-0.1, -0.05) is 110 Å². The SMILES string of the molecule is CC[C@H]1C[C@H](C)[C@@]2(NC1=O)O[C@@H](C[C@H](O)[C@@H](C)CC/C=C/C=C(\C)[C@@H]1C/C=C/C=C\[C@@H]3O[C@@]4(C)CC[C@@H](C(=O)N[C@@H](C(C)C)C(=O)N[C@@H](Cc5cccc(O)c5)C(=O)N5CCC[C@H](N5)C(=O)O1)[C@H](O4)[C@H]3C)[C@H](C)C(=O)[C@@H]2C. The number of rotatable bonds is 12. The van der Waals surface area contributed by atoms with E-state index in [0.717, 1.165) is 5.57 Å². The second kappa shape index (κ2) is 25.7. The monoisotopic (exact) mass is 1070 g/mol. The molecule has 1 spiro atoms. The Morgan fingerprint density at radius 3 is 2.45 bits per heavy atom. The van der Waals surface area contributed by atoms with Crippen molar-refractivity contribution < 1.29 is 57.9 Å². The maximum absolute atomic E-state index is 14.6. The normalized spacial score (nSPS) is 37.5. The Balaban J connectivity index is 1.07. The number of carbonyl (C=O) groups excluding carboxylic acids is 6. The summed E-state index contributed by atoms with van der Waals surface area (Å²) in [7, 11) is 0. The molecule has 17 heteroatoms. The number of hydrogen-bond donors (Lipinski definition) is 6. The molecule has 6 aliphatic rings. The first kappa shape index (κ1) is 59.5. The maximum atomic E-state index is 14.6.